The number of para-hydroxylation sites is 1. The second-order valence-corrected chi connectivity index (χ2v) is 4.91. The van der Waals surface area contributed by atoms with Gasteiger partial charge >= 0.3 is 0 Å². The Morgan fingerprint density at radius 1 is 0.913 bits per heavy atom. The van der Waals surface area contributed by atoms with E-state index < -0.39 is 23.2 Å². The number of hydrogen-bond acceptors (Lipinski definition) is 2. The van der Waals surface area contributed by atoms with Crippen molar-refractivity contribution in [2.75, 3.05) is 11.9 Å². The van der Waals surface area contributed by atoms with Crippen LogP contribution in [0.25, 0.3) is 10.8 Å². The van der Waals surface area contributed by atoms with Crippen molar-refractivity contribution in [3.05, 3.63) is 72.3 Å². The normalized spacial score (nSPS) is 10.5. The van der Waals surface area contributed by atoms with Gasteiger partial charge in [0, 0.05) is 5.39 Å². The van der Waals surface area contributed by atoms with E-state index in [1.54, 1.807) is 6.07 Å². The summed E-state index contributed by atoms with van der Waals surface area (Å²) in [4.78, 5) is 11.9. The monoisotopic (exact) mass is 313 g/mol. The zero-order valence-electron chi connectivity index (χ0n) is 12.1. The third kappa shape index (κ3) is 3.29. The summed E-state index contributed by atoms with van der Waals surface area (Å²) in [5.74, 6) is -1.76. The SMILES string of the molecule is O=C(COc1cccc2ccccc12)Nc1c(F)cccc1F. The molecule has 0 bridgehead atoms. The molecule has 3 rings (SSSR count). The van der Waals surface area contributed by atoms with Gasteiger partial charge in [-0.2, -0.15) is 0 Å². The third-order valence-corrected chi connectivity index (χ3v) is 3.34. The molecule has 0 atom stereocenters. The average Bonchev–Trinajstić information content (AvgIpc) is 2.56. The van der Waals surface area contributed by atoms with E-state index >= 15 is 0 Å². The Kier molecular flexibility index (Phi) is 4.19. The molecule has 23 heavy (non-hydrogen) atoms. The first-order chi connectivity index (χ1) is 11.1. The minimum absolute atomic E-state index is 0.345. The molecule has 3 nitrogen and oxygen atoms in total. The maximum atomic E-state index is 13.5. The minimum Gasteiger partial charge on any atom is -0.483 e. The van der Waals surface area contributed by atoms with Crippen LogP contribution >= 0.6 is 0 Å². The Morgan fingerprint density at radius 3 is 2.35 bits per heavy atom. The lowest BCUT2D eigenvalue weighted by molar-refractivity contribution is -0.118. The van der Waals surface area contributed by atoms with Crippen LogP contribution in [0.5, 0.6) is 5.75 Å². The number of halogens is 2. The predicted molar refractivity (Wildman–Crippen MR) is 84.4 cm³/mol. The quantitative estimate of drug-likeness (QED) is 0.786. The van der Waals surface area contributed by atoms with Crippen LogP contribution in [-0.4, -0.2) is 12.5 Å². The van der Waals surface area contributed by atoms with Crippen molar-refractivity contribution in [3.8, 4) is 5.75 Å². The number of ether oxygens (including phenoxy) is 1. The highest BCUT2D eigenvalue weighted by atomic mass is 19.1. The highest BCUT2D eigenvalue weighted by Gasteiger charge is 2.12. The van der Waals surface area contributed by atoms with Crippen LogP contribution in [-0.2, 0) is 4.79 Å². The van der Waals surface area contributed by atoms with Gasteiger partial charge in [0.2, 0.25) is 0 Å². The summed E-state index contributed by atoms with van der Waals surface area (Å²) >= 11 is 0. The number of carbonyl (C=O) groups excluding carboxylic acids is 1. The molecule has 0 spiro atoms. The van der Waals surface area contributed by atoms with Gasteiger partial charge in [-0.3, -0.25) is 4.79 Å². The summed E-state index contributed by atoms with van der Waals surface area (Å²) in [7, 11) is 0. The van der Waals surface area contributed by atoms with Crippen LogP contribution in [0.4, 0.5) is 14.5 Å². The van der Waals surface area contributed by atoms with Crippen molar-refractivity contribution in [1.82, 2.24) is 0 Å². The number of nitrogens with one attached hydrogen (secondary N) is 1. The largest absolute Gasteiger partial charge is 0.483 e. The molecule has 3 aromatic carbocycles. The Bertz CT molecular complexity index is 839. The van der Waals surface area contributed by atoms with Crippen LogP contribution in [0.15, 0.2) is 60.7 Å². The molecule has 1 amide bonds. The molecule has 3 aromatic rings. The minimum atomic E-state index is -0.830. The van der Waals surface area contributed by atoms with Crippen molar-refractivity contribution >= 4 is 22.4 Å². The lowest BCUT2D eigenvalue weighted by Crippen LogP contribution is -2.21. The Labute approximate surface area is 131 Å². The van der Waals surface area contributed by atoms with E-state index in [-0.39, 0.29) is 6.61 Å². The van der Waals surface area contributed by atoms with Crippen molar-refractivity contribution in [3.63, 3.8) is 0 Å². The molecule has 0 saturated carbocycles. The third-order valence-electron chi connectivity index (χ3n) is 3.34. The van der Waals surface area contributed by atoms with Gasteiger partial charge in [0.05, 0.1) is 0 Å². The molecule has 5 heteroatoms. The number of anilines is 1. The molecule has 0 aliphatic heterocycles. The molecule has 0 aliphatic rings. The Morgan fingerprint density at radius 2 is 1.57 bits per heavy atom. The lowest BCUT2D eigenvalue weighted by atomic mass is 10.1. The summed E-state index contributed by atoms with van der Waals surface area (Å²) in [5.41, 5.74) is -0.473. The summed E-state index contributed by atoms with van der Waals surface area (Å²) < 4.78 is 32.4. The standard InChI is InChI=1S/C18H13F2NO2/c19-14-8-4-9-15(20)18(14)21-17(22)11-23-16-10-3-6-12-5-1-2-7-13(12)16/h1-10H,11H2,(H,21,22). The van der Waals surface area contributed by atoms with E-state index in [4.69, 9.17) is 4.74 Å². The van der Waals surface area contributed by atoms with Gasteiger partial charge in [-0.25, -0.2) is 8.78 Å². The Balaban J connectivity index is 1.71. The molecule has 0 heterocycles. The van der Waals surface area contributed by atoms with E-state index in [9.17, 15) is 13.6 Å². The number of hydrogen-bond donors (Lipinski definition) is 1. The summed E-state index contributed by atoms with van der Waals surface area (Å²) in [5, 5.41) is 4.02. The highest BCUT2D eigenvalue weighted by molar-refractivity contribution is 5.93. The molecular formula is C18H13F2NO2. The van der Waals surface area contributed by atoms with Crippen molar-refractivity contribution < 1.29 is 18.3 Å². The van der Waals surface area contributed by atoms with E-state index in [2.05, 4.69) is 5.32 Å². The molecule has 116 valence electrons. The van der Waals surface area contributed by atoms with Gasteiger partial charge in [-0.1, -0.05) is 42.5 Å². The number of benzene rings is 3. The van der Waals surface area contributed by atoms with Gasteiger partial charge in [-0.15, -0.1) is 0 Å². The molecule has 0 aliphatic carbocycles. The first-order valence-electron chi connectivity index (χ1n) is 6.99. The van der Waals surface area contributed by atoms with Crippen molar-refractivity contribution in [2.45, 2.75) is 0 Å². The fourth-order valence-corrected chi connectivity index (χ4v) is 2.26. The van der Waals surface area contributed by atoms with Crippen molar-refractivity contribution in [1.29, 1.82) is 0 Å². The fraction of sp³-hybridized carbons (Fsp3) is 0.0556. The van der Waals surface area contributed by atoms with Gasteiger partial charge in [0.1, 0.15) is 23.1 Å². The lowest BCUT2D eigenvalue weighted by Gasteiger charge is -2.10. The van der Waals surface area contributed by atoms with E-state index in [1.165, 1.54) is 6.07 Å². The van der Waals surface area contributed by atoms with Crippen molar-refractivity contribution in [2.24, 2.45) is 0 Å². The molecule has 0 radical (unpaired) electrons. The van der Waals surface area contributed by atoms with Crippen LogP contribution in [0, 0.1) is 11.6 Å². The van der Waals surface area contributed by atoms with E-state index in [0.717, 1.165) is 22.9 Å². The number of rotatable bonds is 4. The van der Waals surface area contributed by atoms with Gasteiger partial charge in [0.25, 0.3) is 5.91 Å². The molecule has 1 N–H and O–H groups in total. The topological polar surface area (TPSA) is 38.3 Å². The van der Waals surface area contributed by atoms with Gasteiger partial charge in [-0.05, 0) is 23.6 Å². The second kappa shape index (κ2) is 6.44. The smallest absolute Gasteiger partial charge is 0.262 e. The maximum Gasteiger partial charge on any atom is 0.262 e. The van der Waals surface area contributed by atoms with Gasteiger partial charge in [0.15, 0.2) is 6.61 Å². The second-order valence-electron chi connectivity index (χ2n) is 4.91. The number of carbonyl (C=O) groups is 1. The molecule has 0 fully saturated rings. The number of amides is 1. The Hall–Kier alpha value is -2.95. The van der Waals surface area contributed by atoms with Crippen LogP contribution in [0.2, 0.25) is 0 Å². The molecular weight excluding hydrogens is 300 g/mol. The average molecular weight is 313 g/mol. The molecule has 0 aromatic heterocycles. The summed E-state index contributed by atoms with van der Waals surface area (Å²) in [6.07, 6.45) is 0. The van der Waals surface area contributed by atoms with E-state index in [0.29, 0.717) is 5.75 Å². The van der Waals surface area contributed by atoms with Crippen LogP contribution < -0.4 is 10.1 Å². The first kappa shape index (κ1) is 15.0. The summed E-state index contributed by atoms with van der Waals surface area (Å²) in [6, 6.07) is 16.4. The zero-order chi connectivity index (χ0) is 16.2. The summed E-state index contributed by atoms with van der Waals surface area (Å²) in [6.45, 7) is -0.345. The number of fused-ring (bicyclic) bond motifs is 1. The van der Waals surface area contributed by atoms with Crippen LogP contribution in [0.1, 0.15) is 0 Å². The van der Waals surface area contributed by atoms with E-state index in [1.807, 2.05) is 36.4 Å². The zero-order valence-corrected chi connectivity index (χ0v) is 12.1. The van der Waals surface area contributed by atoms with Crippen LogP contribution in [0.3, 0.4) is 0 Å². The van der Waals surface area contributed by atoms with Gasteiger partial charge < -0.3 is 10.1 Å². The molecule has 0 unspecified atom stereocenters. The first-order valence-corrected chi connectivity index (χ1v) is 6.99. The molecule has 0 saturated heterocycles. The highest BCUT2D eigenvalue weighted by Crippen LogP contribution is 2.25. The fourth-order valence-electron chi connectivity index (χ4n) is 2.26. The maximum absolute atomic E-state index is 13.5. The predicted octanol–water partition coefficient (Wildman–Crippen LogP) is 4.14.